The van der Waals surface area contributed by atoms with Crippen LogP contribution in [0.25, 0.3) is 0 Å². The quantitative estimate of drug-likeness (QED) is 0.608. The van der Waals surface area contributed by atoms with E-state index in [1.165, 1.54) is 38.8 Å². The van der Waals surface area contributed by atoms with Crippen molar-refractivity contribution >= 4 is 5.96 Å². The fraction of sp³-hybridized carbons (Fsp3) is 0.944. The summed E-state index contributed by atoms with van der Waals surface area (Å²) >= 11 is 0. The van der Waals surface area contributed by atoms with Gasteiger partial charge in [0, 0.05) is 45.8 Å². The van der Waals surface area contributed by atoms with Crippen LogP contribution in [0.5, 0.6) is 0 Å². The maximum absolute atomic E-state index is 10.3. The van der Waals surface area contributed by atoms with Crippen LogP contribution >= 0.6 is 0 Å². The first-order valence-corrected chi connectivity index (χ1v) is 9.59. The Bertz CT molecular complexity index is 454. The number of aliphatic hydroxyl groups is 1. The van der Waals surface area contributed by atoms with Crippen molar-refractivity contribution in [2.45, 2.75) is 56.6 Å². The van der Waals surface area contributed by atoms with Crippen molar-refractivity contribution in [1.82, 2.24) is 15.1 Å². The molecular formula is C18H32N4O. The van der Waals surface area contributed by atoms with Gasteiger partial charge in [0.05, 0.1) is 5.60 Å². The lowest BCUT2D eigenvalue weighted by atomic mass is 9.80. The van der Waals surface area contributed by atoms with E-state index in [2.05, 4.69) is 20.1 Å². The smallest absolute Gasteiger partial charge is 0.193 e. The third-order valence-corrected chi connectivity index (χ3v) is 6.86. The van der Waals surface area contributed by atoms with Crippen LogP contribution in [-0.2, 0) is 0 Å². The molecule has 2 bridgehead atoms. The molecule has 0 aromatic heterocycles. The lowest BCUT2D eigenvalue weighted by Crippen LogP contribution is -2.57. The number of nitrogens with zero attached hydrogens (tertiary/aromatic N) is 3. The van der Waals surface area contributed by atoms with Crippen molar-refractivity contribution in [1.29, 1.82) is 0 Å². The molecule has 3 atom stereocenters. The van der Waals surface area contributed by atoms with Crippen LogP contribution in [0.15, 0.2) is 4.99 Å². The number of piperazine rings is 1. The SMILES string of the molecule is CN=C(NCC1(O)CCC1)N1CCN(C2CC3CCC2C3)CC1. The molecule has 3 aliphatic carbocycles. The minimum atomic E-state index is -0.485. The molecule has 4 rings (SSSR count). The van der Waals surface area contributed by atoms with Crippen LogP contribution in [0.2, 0.25) is 0 Å². The first-order valence-electron chi connectivity index (χ1n) is 9.59. The molecule has 0 radical (unpaired) electrons. The number of rotatable bonds is 3. The van der Waals surface area contributed by atoms with Crippen LogP contribution < -0.4 is 5.32 Å². The summed E-state index contributed by atoms with van der Waals surface area (Å²) in [6.45, 7) is 5.10. The zero-order chi connectivity index (χ0) is 15.9. The molecule has 4 aliphatic rings. The summed E-state index contributed by atoms with van der Waals surface area (Å²) in [5, 5.41) is 13.7. The predicted octanol–water partition coefficient (Wildman–Crippen LogP) is 1.28. The molecule has 0 aromatic carbocycles. The van der Waals surface area contributed by atoms with Crippen LogP contribution in [-0.4, -0.2) is 72.3 Å². The van der Waals surface area contributed by atoms with Gasteiger partial charge < -0.3 is 15.3 Å². The highest BCUT2D eigenvalue weighted by Gasteiger charge is 2.43. The molecule has 1 aliphatic heterocycles. The van der Waals surface area contributed by atoms with Crippen molar-refractivity contribution in [3.8, 4) is 0 Å². The van der Waals surface area contributed by atoms with Gasteiger partial charge in [-0.2, -0.15) is 0 Å². The van der Waals surface area contributed by atoms with Gasteiger partial charge in [0.15, 0.2) is 5.96 Å². The number of nitrogens with one attached hydrogen (secondary N) is 1. The largest absolute Gasteiger partial charge is 0.388 e. The fourth-order valence-electron chi connectivity index (χ4n) is 5.26. The molecular weight excluding hydrogens is 288 g/mol. The molecule has 3 saturated carbocycles. The van der Waals surface area contributed by atoms with E-state index in [-0.39, 0.29) is 0 Å². The maximum atomic E-state index is 10.3. The lowest BCUT2D eigenvalue weighted by molar-refractivity contribution is -0.0284. The Morgan fingerprint density at radius 3 is 2.48 bits per heavy atom. The van der Waals surface area contributed by atoms with E-state index in [9.17, 15) is 5.11 Å². The summed E-state index contributed by atoms with van der Waals surface area (Å²) in [4.78, 5) is 9.55. The van der Waals surface area contributed by atoms with E-state index < -0.39 is 5.60 Å². The number of guanidine groups is 1. The Hall–Kier alpha value is -0.810. The summed E-state index contributed by atoms with van der Waals surface area (Å²) < 4.78 is 0. The molecule has 130 valence electrons. The summed E-state index contributed by atoms with van der Waals surface area (Å²) in [5.74, 6) is 2.98. The molecule has 2 N–H and O–H groups in total. The minimum absolute atomic E-state index is 0.485. The summed E-state index contributed by atoms with van der Waals surface area (Å²) in [6.07, 6.45) is 8.90. The molecule has 0 spiro atoms. The summed E-state index contributed by atoms with van der Waals surface area (Å²) in [7, 11) is 1.86. The van der Waals surface area contributed by atoms with Crippen molar-refractivity contribution in [3.63, 3.8) is 0 Å². The van der Waals surface area contributed by atoms with Gasteiger partial charge in [-0.1, -0.05) is 6.42 Å². The first kappa shape index (κ1) is 15.7. The highest BCUT2D eigenvalue weighted by Crippen LogP contribution is 2.46. The summed E-state index contributed by atoms with van der Waals surface area (Å²) in [6, 6.07) is 0.863. The topological polar surface area (TPSA) is 51.1 Å². The van der Waals surface area contributed by atoms with Gasteiger partial charge in [0.1, 0.15) is 0 Å². The first-order chi connectivity index (χ1) is 11.2. The van der Waals surface area contributed by atoms with Gasteiger partial charge in [-0.15, -0.1) is 0 Å². The highest BCUT2D eigenvalue weighted by molar-refractivity contribution is 5.80. The second kappa shape index (κ2) is 6.25. The van der Waals surface area contributed by atoms with Crippen molar-refractivity contribution in [2.75, 3.05) is 39.8 Å². The molecule has 1 saturated heterocycles. The van der Waals surface area contributed by atoms with Gasteiger partial charge >= 0.3 is 0 Å². The van der Waals surface area contributed by atoms with E-state index in [4.69, 9.17) is 0 Å². The van der Waals surface area contributed by atoms with Crippen molar-refractivity contribution in [3.05, 3.63) is 0 Å². The average Bonchev–Trinajstić information content (AvgIpc) is 3.17. The molecule has 23 heavy (non-hydrogen) atoms. The Morgan fingerprint density at radius 2 is 1.96 bits per heavy atom. The van der Waals surface area contributed by atoms with Crippen LogP contribution in [0.4, 0.5) is 0 Å². The van der Waals surface area contributed by atoms with Crippen LogP contribution in [0.3, 0.4) is 0 Å². The normalized spacial score (nSPS) is 37.0. The number of aliphatic imine (C=N–C) groups is 1. The number of hydrogen-bond acceptors (Lipinski definition) is 3. The maximum Gasteiger partial charge on any atom is 0.193 e. The zero-order valence-corrected chi connectivity index (χ0v) is 14.5. The number of fused-ring (bicyclic) bond motifs is 2. The van der Waals surface area contributed by atoms with Gasteiger partial charge in [-0.25, -0.2) is 0 Å². The molecule has 3 unspecified atom stereocenters. The van der Waals surface area contributed by atoms with Gasteiger partial charge in [0.25, 0.3) is 0 Å². The fourth-order valence-corrected chi connectivity index (χ4v) is 5.26. The molecule has 4 fully saturated rings. The predicted molar refractivity (Wildman–Crippen MR) is 92.5 cm³/mol. The van der Waals surface area contributed by atoms with E-state index in [0.29, 0.717) is 6.54 Å². The van der Waals surface area contributed by atoms with E-state index in [0.717, 1.165) is 56.2 Å². The second-order valence-electron chi connectivity index (χ2n) is 8.24. The van der Waals surface area contributed by atoms with Crippen molar-refractivity contribution < 1.29 is 5.11 Å². The second-order valence-corrected chi connectivity index (χ2v) is 8.24. The van der Waals surface area contributed by atoms with E-state index in [1.807, 2.05) is 7.05 Å². The third-order valence-electron chi connectivity index (χ3n) is 6.86. The minimum Gasteiger partial charge on any atom is -0.388 e. The average molecular weight is 320 g/mol. The van der Waals surface area contributed by atoms with E-state index in [1.54, 1.807) is 0 Å². The standard InChI is InChI=1S/C18H32N4O/c1-19-17(20-13-18(23)5-2-6-18)22-9-7-21(8-10-22)16-12-14-3-4-15(16)11-14/h14-16,23H,2-13H2,1H3,(H,19,20). The molecule has 1 heterocycles. The van der Waals surface area contributed by atoms with Gasteiger partial charge in [-0.05, 0) is 50.4 Å². The Morgan fingerprint density at radius 1 is 1.17 bits per heavy atom. The molecule has 0 amide bonds. The molecule has 0 aromatic rings. The Kier molecular flexibility index (Phi) is 4.26. The van der Waals surface area contributed by atoms with E-state index >= 15 is 0 Å². The third kappa shape index (κ3) is 3.10. The number of hydrogen-bond donors (Lipinski definition) is 2. The van der Waals surface area contributed by atoms with Gasteiger partial charge in [-0.3, -0.25) is 9.89 Å². The van der Waals surface area contributed by atoms with Crippen LogP contribution in [0, 0.1) is 11.8 Å². The molecule has 5 heteroatoms. The monoisotopic (exact) mass is 320 g/mol. The van der Waals surface area contributed by atoms with Crippen LogP contribution in [0.1, 0.15) is 44.9 Å². The molecule has 5 nitrogen and oxygen atoms in total. The highest BCUT2D eigenvalue weighted by atomic mass is 16.3. The Balaban J connectivity index is 1.26. The summed E-state index contributed by atoms with van der Waals surface area (Å²) in [5.41, 5.74) is -0.485. The lowest BCUT2D eigenvalue weighted by Gasteiger charge is -2.43. The van der Waals surface area contributed by atoms with Gasteiger partial charge in [0.2, 0.25) is 0 Å². The Labute approximate surface area is 140 Å². The van der Waals surface area contributed by atoms with Crippen molar-refractivity contribution in [2.24, 2.45) is 16.8 Å². The zero-order valence-electron chi connectivity index (χ0n) is 14.5.